The minimum Gasteiger partial charge on any atom is -0.465 e. The Morgan fingerprint density at radius 3 is 1.93 bits per heavy atom. The third kappa shape index (κ3) is 7.33. The second-order valence-electron chi connectivity index (χ2n) is 7.42. The summed E-state index contributed by atoms with van der Waals surface area (Å²) < 4.78 is 4.72. The molecule has 0 unspecified atom stereocenters. The van der Waals surface area contributed by atoms with Gasteiger partial charge < -0.3 is 15.4 Å². The van der Waals surface area contributed by atoms with Crippen molar-refractivity contribution >= 4 is 23.5 Å². The van der Waals surface area contributed by atoms with E-state index in [2.05, 4.69) is 10.6 Å². The Balaban J connectivity index is 1.92. The highest BCUT2D eigenvalue weighted by molar-refractivity contribution is 6.40. The Bertz CT molecular complexity index is 648. The summed E-state index contributed by atoms with van der Waals surface area (Å²) in [6, 6.07) is 6.51. The van der Waals surface area contributed by atoms with Crippen LogP contribution in [0.25, 0.3) is 0 Å². The molecular weight excluding hydrogens is 356 g/mol. The van der Waals surface area contributed by atoms with E-state index in [4.69, 9.17) is 4.74 Å². The van der Waals surface area contributed by atoms with Gasteiger partial charge in [0.25, 0.3) is 0 Å². The van der Waals surface area contributed by atoms with Crippen molar-refractivity contribution in [3.05, 3.63) is 29.8 Å². The van der Waals surface area contributed by atoms with Crippen LogP contribution in [0.5, 0.6) is 0 Å². The number of carbonyl (C=O) groups excluding carboxylic acids is 3. The molecule has 1 fully saturated rings. The molecule has 28 heavy (non-hydrogen) atoms. The van der Waals surface area contributed by atoms with Gasteiger partial charge in [0.05, 0.1) is 18.4 Å². The Kier molecular flexibility index (Phi) is 9.52. The van der Waals surface area contributed by atoms with E-state index in [9.17, 15) is 14.4 Å². The molecule has 2 amide bonds. The molecular formula is C22H32N2O4. The fourth-order valence-electron chi connectivity index (χ4n) is 3.62. The van der Waals surface area contributed by atoms with E-state index in [0.29, 0.717) is 0 Å². The molecule has 1 aliphatic rings. The molecule has 2 N–H and O–H groups in total. The lowest BCUT2D eigenvalue weighted by molar-refractivity contribution is -0.136. The molecule has 1 aliphatic carbocycles. The third-order valence-electron chi connectivity index (χ3n) is 5.23. The SMILES string of the molecule is COC(=O)c1ccccc1NC(=O)C(=O)NC1CCCCCCCCCCC1. The summed E-state index contributed by atoms with van der Waals surface area (Å²) in [5, 5.41) is 5.42. The summed E-state index contributed by atoms with van der Waals surface area (Å²) in [6.45, 7) is 0. The maximum Gasteiger partial charge on any atom is 0.339 e. The summed E-state index contributed by atoms with van der Waals surface area (Å²) in [4.78, 5) is 36.6. The van der Waals surface area contributed by atoms with Crippen molar-refractivity contribution in [1.29, 1.82) is 0 Å². The highest BCUT2D eigenvalue weighted by atomic mass is 16.5. The van der Waals surface area contributed by atoms with Crippen LogP contribution in [0.15, 0.2) is 24.3 Å². The van der Waals surface area contributed by atoms with Gasteiger partial charge in [-0.05, 0) is 25.0 Å². The first-order chi connectivity index (χ1) is 13.6. The average molecular weight is 389 g/mol. The zero-order valence-corrected chi connectivity index (χ0v) is 16.8. The van der Waals surface area contributed by atoms with Crippen LogP contribution < -0.4 is 10.6 Å². The predicted molar refractivity (Wildman–Crippen MR) is 109 cm³/mol. The van der Waals surface area contributed by atoms with Crippen LogP contribution in [0.2, 0.25) is 0 Å². The van der Waals surface area contributed by atoms with Crippen molar-refractivity contribution in [2.75, 3.05) is 12.4 Å². The molecule has 2 rings (SSSR count). The second-order valence-corrected chi connectivity index (χ2v) is 7.42. The zero-order valence-electron chi connectivity index (χ0n) is 16.8. The maximum absolute atomic E-state index is 12.4. The van der Waals surface area contributed by atoms with Gasteiger partial charge >= 0.3 is 17.8 Å². The van der Waals surface area contributed by atoms with Gasteiger partial charge in [-0.1, -0.05) is 69.9 Å². The number of carbonyl (C=O) groups is 3. The zero-order chi connectivity index (χ0) is 20.2. The first-order valence-electron chi connectivity index (χ1n) is 10.4. The lowest BCUT2D eigenvalue weighted by Gasteiger charge is -2.19. The van der Waals surface area contributed by atoms with Gasteiger partial charge in [-0.2, -0.15) is 0 Å². The number of para-hydroxylation sites is 1. The van der Waals surface area contributed by atoms with Crippen LogP contribution in [0.3, 0.4) is 0 Å². The van der Waals surface area contributed by atoms with Gasteiger partial charge in [0.2, 0.25) is 0 Å². The number of nitrogens with one attached hydrogen (secondary N) is 2. The van der Waals surface area contributed by atoms with E-state index in [0.717, 1.165) is 25.7 Å². The fourth-order valence-corrected chi connectivity index (χ4v) is 3.62. The van der Waals surface area contributed by atoms with E-state index in [1.807, 2.05) is 0 Å². The monoisotopic (exact) mass is 388 g/mol. The van der Waals surface area contributed by atoms with E-state index < -0.39 is 17.8 Å². The van der Waals surface area contributed by atoms with Gasteiger partial charge in [0.1, 0.15) is 0 Å². The Hall–Kier alpha value is -2.37. The molecule has 0 spiro atoms. The van der Waals surface area contributed by atoms with Gasteiger partial charge in [0.15, 0.2) is 0 Å². The van der Waals surface area contributed by atoms with Crippen LogP contribution in [0.1, 0.15) is 81.0 Å². The van der Waals surface area contributed by atoms with E-state index in [1.165, 1.54) is 52.1 Å². The summed E-state index contributed by atoms with van der Waals surface area (Å²) in [7, 11) is 1.28. The lowest BCUT2D eigenvalue weighted by atomic mass is 9.98. The Morgan fingerprint density at radius 1 is 0.821 bits per heavy atom. The van der Waals surface area contributed by atoms with Crippen molar-refractivity contribution in [2.24, 2.45) is 0 Å². The molecule has 6 nitrogen and oxygen atoms in total. The number of amides is 2. The van der Waals surface area contributed by atoms with Crippen molar-refractivity contribution in [1.82, 2.24) is 5.32 Å². The summed E-state index contributed by atoms with van der Waals surface area (Å²) >= 11 is 0. The van der Waals surface area contributed by atoms with Crippen molar-refractivity contribution in [2.45, 2.75) is 76.7 Å². The quantitative estimate of drug-likeness (QED) is 0.600. The number of hydrogen-bond acceptors (Lipinski definition) is 4. The largest absolute Gasteiger partial charge is 0.465 e. The number of esters is 1. The van der Waals surface area contributed by atoms with Crippen LogP contribution in [-0.2, 0) is 14.3 Å². The van der Waals surface area contributed by atoms with Gasteiger partial charge in [-0.15, -0.1) is 0 Å². The summed E-state index contributed by atoms with van der Waals surface area (Å²) in [5.41, 5.74) is 0.491. The highest BCUT2D eigenvalue weighted by Gasteiger charge is 2.21. The standard InChI is InChI=1S/C22H32N2O4/c1-28-22(27)18-15-11-12-16-19(18)24-21(26)20(25)23-17-13-9-7-5-3-2-4-6-8-10-14-17/h11-12,15-17H,2-10,13-14H2,1H3,(H,23,25)(H,24,26). The number of methoxy groups -OCH3 is 1. The van der Waals surface area contributed by atoms with Crippen molar-refractivity contribution in [3.8, 4) is 0 Å². The number of ether oxygens (including phenoxy) is 1. The van der Waals surface area contributed by atoms with Gasteiger partial charge in [0, 0.05) is 6.04 Å². The highest BCUT2D eigenvalue weighted by Crippen LogP contribution is 2.18. The molecule has 0 atom stereocenters. The molecule has 0 aliphatic heterocycles. The number of benzene rings is 1. The van der Waals surface area contributed by atoms with Crippen LogP contribution >= 0.6 is 0 Å². The van der Waals surface area contributed by atoms with E-state index >= 15 is 0 Å². The second kappa shape index (κ2) is 12.2. The lowest BCUT2D eigenvalue weighted by Crippen LogP contribution is -2.42. The molecule has 0 radical (unpaired) electrons. The summed E-state index contributed by atoms with van der Waals surface area (Å²) in [6.07, 6.45) is 12.7. The number of hydrogen-bond donors (Lipinski definition) is 2. The molecule has 0 bridgehead atoms. The average Bonchev–Trinajstić information content (AvgIpc) is 2.69. The van der Waals surface area contributed by atoms with Gasteiger partial charge in [-0.3, -0.25) is 9.59 Å². The normalized spacial score (nSPS) is 16.9. The predicted octanol–water partition coefficient (Wildman–Crippen LogP) is 4.20. The first-order valence-corrected chi connectivity index (χ1v) is 10.4. The van der Waals surface area contributed by atoms with Crippen LogP contribution in [0, 0.1) is 0 Å². The molecule has 154 valence electrons. The molecule has 6 heteroatoms. The molecule has 0 heterocycles. The first kappa shape index (κ1) is 21.9. The Morgan fingerprint density at radius 2 is 1.36 bits per heavy atom. The van der Waals surface area contributed by atoms with E-state index in [-0.39, 0.29) is 17.3 Å². The molecule has 0 aromatic heterocycles. The number of anilines is 1. The van der Waals surface area contributed by atoms with Gasteiger partial charge in [-0.25, -0.2) is 4.79 Å². The smallest absolute Gasteiger partial charge is 0.339 e. The minimum atomic E-state index is -0.762. The van der Waals surface area contributed by atoms with E-state index in [1.54, 1.807) is 24.3 Å². The molecule has 1 aromatic rings. The molecule has 1 saturated carbocycles. The minimum absolute atomic E-state index is 0.0218. The van der Waals surface area contributed by atoms with Crippen LogP contribution in [-0.4, -0.2) is 30.9 Å². The molecule has 1 aromatic carbocycles. The fraction of sp³-hybridized carbons (Fsp3) is 0.591. The molecule has 0 saturated heterocycles. The summed E-state index contributed by atoms with van der Waals surface area (Å²) in [5.74, 6) is -1.98. The van der Waals surface area contributed by atoms with Crippen LogP contribution in [0.4, 0.5) is 5.69 Å². The van der Waals surface area contributed by atoms with Crippen molar-refractivity contribution in [3.63, 3.8) is 0 Å². The number of rotatable bonds is 3. The topological polar surface area (TPSA) is 84.5 Å². The maximum atomic E-state index is 12.4. The Labute approximate surface area is 167 Å². The third-order valence-corrected chi connectivity index (χ3v) is 5.23. The van der Waals surface area contributed by atoms with Crippen molar-refractivity contribution < 1.29 is 19.1 Å².